The fourth-order valence-corrected chi connectivity index (χ4v) is 1.73. The van der Waals surface area contributed by atoms with Crippen LogP contribution in [0.4, 0.5) is 18.9 Å². The van der Waals surface area contributed by atoms with Gasteiger partial charge in [0, 0.05) is 13.2 Å². The molecule has 0 aliphatic heterocycles. The third-order valence-corrected chi connectivity index (χ3v) is 3.23. The SMILES string of the molecule is CC(C)(CO)CCCNC(=O)C(=O)Nc1ccc(F)c(F)c1F. The van der Waals surface area contributed by atoms with E-state index in [9.17, 15) is 22.8 Å². The Morgan fingerprint density at radius 1 is 1.13 bits per heavy atom. The molecule has 0 heterocycles. The molecule has 3 N–H and O–H groups in total. The average molecular weight is 332 g/mol. The lowest BCUT2D eigenvalue weighted by Crippen LogP contribution is -2.36. The van der Waals surface area contributed by atoms with Crippen molar-refractivity contribution in [2.45, 2.75) is 26.7 Å². The molecule has 1 aromatic carbocycles. The summed E-state index contributed by atoms with van der Waals surface area (Å²) in [5.74, 6) is -6.89. The number of carbonyl (C=O) groups excluding carboxylic acids is 2. The highest BCUT2D eigenvalue weighted by atomic mass is 19.2. The van der Waals surface area contributed by atoms with Crippen molar-refractivity contribution >= 4 is 17.5 Å². The molecule has 0 radical (unpaired) electrons. The van der Waals surface area contributed by atoms with Gasteiger partial charge in [0.2, 0.25) is 0 Å². The number of aliphatic hydroxyl groups excluding tert-OH is 1. The monoisotopic (exact) mass is 332 g/mol. The minimum Gasteiger partial charge on any atom is -0.396 e. The maximum atomic E-state index is 13.4. The summed E-state index contributed by atoms with van der Waals surface area (Å²) in [6.45, 7) is 3.90. The molecule has 0 fully saturated rings. The molecule has 0 aliphatic carbocycles. The second-order valence-corrected chi connectivity index (χ2v) is 5.86. The number of hydrogen-bond acceptors (Lipinski definition) is 3. The lowest BCUT2D eigenvalue weighted by molar-refractivity contribution is -0.136. The summed E-state index contributed by atoms with van der Waals surface area (Å²) in [5.41, 5.74) is -0.910. The van der Waals surface area contributed by atoms with E-state index in [1.165, 1.54) is 0 Å². The number of carbonyl (C=O) groups is 2. The van der Waals surface area contributed by atoms with Gasteiger partial charge in [0.05, 0.1) is 5.69 Å². The Labute approximate surface area is 131 Å². The van der Waals surface area contributed by atoms with Crippen LogP contribution in [0.2, 0.25) is 0 Å². The zero-order valence-electron chi connectivity index (χ0n) is 12.9. The van der Waals surface area contributed by atoms with Crippen molar-refractivity contribution < 1.29 is 27.9 Å². The second-order valence-electron chi connectivity index (χ2n) is 5.86. The Balaban J connectivity index is 2.49. The maximum absolute atomic E-state index is 13.4. The molecule has 1 rings (SSSR count). The first-order chi connectivity index (χ1) is 10.7. The first-order valence-corrected chi connectivity index (χ1v) is 7.01. The highest BCUT2D eigenvalue weighted by molar-refractivity contribution is 6.39. The lowest BCUT2D eigenvalue weighted by atomic mass is 9.89. The summed E-state index contributed by atoms with van der Waals surface area (Å²) in [5, 5.41) is 13.3. The van der Waals surface area contributed by atoms with Gasteiger partial charge in [-0.15, -0.1) is 0 Å². The Bertz CT molecular complexity index is 592. The van der Waals surface area contributed by atoms with Crippen molar-refractivity contribution in [3.63, 3.8) is 0 Å². The van der Waals surface area contributed by atoms with Crippen LogP contribution >= 0.6 is 0 Å². The topological polar surface area (TPSA) is 78.4 Å². The summed E-state index contributed by atoms with van der Waals surface area (Å²) < 4.78 is 39.2. The smallest absolute Gasteiger partial charge is 0.313 e. The molecule has 0 unspecified atom stereocenters. The molecule has 1 aromatic rings. The van der Waals surface area contributed by atoms with Crippen LogP contribution < -0.4 is 10.6 Å². The second kappa shape index (κ2) is 7.96. The lowest BCUT2D eigenvalue weighted by Gasteiger charge is -2.21. The van der Waals surface area contributed by atoms with Crippen LogP contribution in [0.25, 0.3) is 0 Å². The molecule has 0 atom stereocenters. The Kier molecular flexibility index (Phi) is 6.56. The fraction of sp³-hybridized carbons (Fsp3) is 0.467. The number of anilines is 1. The van der Waals surface area contributed by atoms with Gasteiger partial charge >= 0.3 is 11.8 Å². The van der Waals surface area contributed by atoms with E-state index in [0.29, 0.717) is 18.9 Å². The zero-order valence-corrected chi connectivity index (χ0v) is 12.9. The largest absolute Gasteiger partial charge is 0.396 e. The third-order valence-electron chi connectivity index (χ3n) is 3.23. The maximum Gasteiger partial charge on any atom is 0.313 e. The van der Waals surface area contributed by atoms with E-state index in [-0.39, 0.29) is 18.6 Å². The fourth-order valence-electron chi connectivity index (χ4n) is 1.73. The highest BCUT2D eigenvalue weighted by Crippen LogP contribution is 2.21. The number of aliphatic hydroxyl groups is 1. The van der Waals surface area contributed by atoms with Crippen LogP contribution in [0.15, 0.2) is 12.1 Å². The van der Waals surface area contributed by atoms with Crippen molar-refractivity contribution in [1.82, 2.24) is 5.32 Å². The minimum atomic E-state index is -1.73. The van der Waals surface area contributed by atoms with E-state index < -0.39 is 35.0 Å². The summed E-state index contributed by atoms with van der Waals surface area (Å²) in [6.07, 6.45) is 1.16. The van der Waals surface area contributed by atoms with Gasteiger partial charge < -0.3 is 15.7 Å². The number of halogens is 3. The predicted molar refractivity (Wildman–Crippen MR) is 78.1 cm³/mol. The van der Waals surface area contributed by atoms with Gasteiger partial charge in [-0.2, -0.15) is 0 Å². The van der Waals surface area contributed by atoms with Gasteiger partial charge in [0.15, 0.2) is 17.5 Å². The summed E-state index contributed by atoms with van der Waals surface area (Å²) >= 11 is 0. The van der Waals surface area contributed by atoms with E-state index in [1.54, 1.807) is 0 Å². The van der Waals surface area contributed by atoms with E-state index >= 15 is 0 Å². The number of benzene rings is 1. The molecular weight excluding hydrogens is 313 g/mol. The number of nitrogens with one attached hydrogen (secondary N) is 2. The van der Waals surface area contributed by atoms with Gasteiger partial charge in [0.1, 0.15) is 0 Å². The average Bonchev–Trinajstić information content (AvgIpc) is 2.51. The van der Waals surface area contributed by atoms with Crippen molar-refractivity contribution in [3.05, 3.63) is 29.6 Å². The highest BCUT2D eigenvalue weighted by Gasteiger charge is 2.20. The minimum absolute atomic E-state index is 0.00313. The molecule has 0 bridgehead atoms. The normalized spacial score (nSPS) is 11.2. The first kappa shape index (κ1) is 19.0. The van der Waals surface area contributed by atoms with E-state index in [1.807, 2.05) is 19.2 Å². The van der Waals surface area contributed by atoms with E-state index in [2.05, 4.69) is 5.32 Å². The molecule has 0 saturated carbocycles. The van der Waals surface area contributed by atoms with Crippen LogP contribution in [0.1, 0.15) is 26.7 Å². The zero-order chi connectivity index (χ0) is 17.6. The van der Waals surface area contributed by atoms with Crippen LogP contribution in [0.5, 0.6) is 0 Å². The molecule has 23 heavy (non-hydrogen) atoms. The summed E-state index contributed by atoms with van der Waals surface area (Å²) in [4.78, 5) is 23.1. The molecule has 0 spiro atoms. The summed E-state index contributed by atoms with van der Waals surface area (Å²) in [6, 6.07) is 1.46. The molecule has 0 aromatic heterocycles. The third kappa shape index (κ3) is 5.55. The number of amides is 2. The molecule has 8 heteroatoms. The first-order valence-electron chi connectivity index (χ1n) is 7.01. The van der Waals surface area contributed by atoms with Crippen molar-refractivity contribution in [2.24, 2.45) is 5.41 Å². The van der Waals surface area contributed by atoms with Crippen LogP contribution in [0.3, 0.4) is 0 Å². The van der Waals surface area contributed by atoms with Crippen molar-refractivity contribution in [1.29, 1.82) is 0 Å². The molecule has 0 saturated heterocycles. The van der Waals surface area contributed by atoms with Crippen molar-refractivity contribution in [3.8, 4) is 0 Å². The van der Waals surface area contributed by atoms with Gasteiger partial charge in [-0.1, -0.05) is 13.8 Å². The van der Waals surface area contributed by atoms with Gasteiger partial charge in [-0.3, -0.25) is 9.59 Å². The predicted octanol–water partition coefficient (Wildman–Crippen LogP) is 1.96. The Hall–Kier alpha value is -2.09. The van der Waals surface area contributed by atoms with Crippen LogP contribution in [0, 0.1) is 22.9 Å². The van der Waals surface area contributed by atoms with Crippen LogP contribution in [-0.4, -0.2) is 30.1 Å². The quantitative estimate of drug-likeness (QED) is 0.423. The van der Waals surface area contributed by atoms with Crippen LogP contribution in [-0.2, 0) is 9.59 Å². The molecular formula is C15H19F3N2O3. The Morgan fingerprint density at radius 3 is 2.39 bits per heavy atom. The van der Waals surface area contributed by atoms with E-state index in [0.717, 1.165) is 6.07 Å². The van der Waals surface area contributed by atoms with Gasteiger partial charge in [-0.05, 0) is 30.4 Å². The molecule has 5 nitrogen and oxygen atoms in total. The van der Waals surface area contributed by atoms with Crippen molar-refractivity contribution in [2.75, 3.05) is 18.5 Å². The molecule has 2 amide bonds. The van der Waals surface area contributed by atoms with Gasteiger partial charge in [-0.25, -0.2) is 13.2 Å². The number of hydrogen-bond donors (Lipinski definition) is 3. The van der Waals surface area contributed by atoms with Gasteiger partial charge in [0.25, 0.3) is 0 Å². The van der Waals surface area contributed by atoms with E-state index in [4.69, 9.17) is 5.11 Å². The molecule has 0 aliphatic rings. The Morgan fingerprint density at radius 2 is 1.78 bits per heavy atom. The molecule has 128 valence electrons. The number of rotatable bonds is 6. The standard InChI is InChI=1S/C15H19F3N2O3/c1-15(2,8-21)6-3-7-19-13(22)14(23)20-10-5-4-9(16)11(17)12(10)18/h4-5,21H,3,6-8H2,1-2H3,(H,19,22)(H,20,23). The summed E-state index contributed by atoms with van der Waals surface area (Å²) in [7, 11) is 0.